The molecular weight excluding hydrogens is 626 g/mol. The maximum atomic E-state index is 14.1. The molecule has 1 amide bonds. The molecule has 236 valence electrons. The fraction of sp³-hybridized carbons (Fsp3) is 0.257. The third-order valence-electron chi connectivity index (χ3n) is 7.85. The predicted octanol–water partition coefficient (Wildman–Crippen LogP) is 4.60. The van der Waals surface area contributed by atoms with Crippen molar-refractivity contribution < 1.29 is 23.8 Å². The van der Waals surface area contributed by atoms with E-state index >= 15 is 0 Å². The molecule has 0 aliphatic carbocycles. The van der Waals surface area contributed by atoms with Gasteiger partial charge in [0.15, 0.2) is 22.9 Å². The van der Waals surface area contributed by atoms with Gasteiger partial charge in [0.1, 0.15) is 0 Å². The summed E-state index contributed by atoms with van der Waals surface area (Å²) in [5, 5.41) is 0.530. The zero-order chi connectivity index (χ0) is 32.2. The maximum Gasteiger partial charge on any atom is 0.338 e. The van der Waals surface area contributed by atoms with Crippen LogP contribution in [-0.2, 0) is 14.3 Å². The second-order valence-electron chi connectivity index (χ2n) is 10.8. The average molecular weight is 658 g/mol. The number of aromatic nitrogens is 1. The number of thiazole rings is 1. The number of ether oxygens (including phenoxy) is 3. The SMILES string of the molecule is CCOC(=O)C1=C(c2ccccc2)N=c2s/c(=C/c3ccc(OCC(=O)N4CCCC4)c(OC)c3)c(=O)n2[C@H]1c1ccc(Cl)cc1. The summed E-state index contributed by atoms with van der Waals surface area (Å²) in [6.45, 7) is 3.33. The van der Waals surface area contributed by atoms with Crippen LogP contribution in [0.2, 0.25) is 5.02 Å². The van der Waals surface area contributed by atoms with Gasteiger partial charge >= 0.3 is 5.97 Å². The summed E-state index contributed by atoms with van der Waals surface area (Å²) in [6, 6.07) is 20.9. The molecule has 1 aromatic heterocycles. The van der Waals surface area contributed by atoms with Crippen LogP contribution in [0.3, 0.4) is 0 Å². The molecule has 1 atom stereocenters. The van der Waals surface area contributed by atoms with E-state index in [2.05, 4.69) is 0 Å². The highest BCUT2D eigenvalue weighted by Crippen LogP contribution is 2.35. The molecule has 46 heavy (non-hydrogen) atoms. The Morgan fingerprint density at radius 2 is 1.76 bits per heavy atom. The Hall–Kier alpha value is -4.67. The lowest BCUT2D eigenvalue weighted by molar-refractivity contribution is -0.139. The van der Waals surface area contributed by atoms with Crippen molar-refractivity contribution in [1.82, 2.24) is 9.47 Å². The number of fused-ring (bicyclic) bond motifs is 1. The summed E-state index contributed by atoms with van der Waals surface area (Å²) in [7, 11) is 1.52. The number of esters is 1. The number of hydrogen-bond donors (Lipinski definition) is 0. The smallest absolute Gasteiger partial charge is 0.338 e. The van der Waals surface area contributed by atoms with Crippen LogP contribution in [-0.4, -0.2) is 54.8 Å². The highest BCUT2D eigenvalue weighted by Gasteiger charge is 2.35. The number of carbonyl (C=O) groups is 2. The zero-order valence-electron chi connectivity index (χ0n) is 25.4. The van der Waals surface area contributed by atoms with Crippen molar-refractivity contribution in [3.8, 4) is 11.5 Å². The molecule has 6 rings (SSSR count). The molecular formula is C35H32ClN3O6S. The van der Waals surface area contributed by atoms with E-state index in [1.807, 2.05) is 30.3 Å². The number of likely N-dealkylation sites (tertiary alicyclic amines) is 1. The molecule has 9 nitrogen and oxygen atoms in total. The molecule has 4 aromatic rings. The molecule has 1 fully saturated rings. The first-order chi connectivity index (χ1) is 22.4. The average Bonchev–Trinajstić information content (AvgIpc) is 3.72. The maximum absolute atomic E-state index is 14.1. The zero-order valence-corrected chi connectivity index (χ0v) is 27.0. The largest absolute Gasteiger partial charge is 0.493 e. The highest BCUT2D eigenvalue weighted by atomic mass is 35.5. The third kappa shape index (κ3) is 6.36. The molecule has 3 aromatic carbocycles. The minimum atomic E-state index is -0.802. The van der Waals surface area contributed by atoms with Crippen LogP contribution in [0.1, 0.15) is 42.5 Å². The number of nitrogens with zero attached hydrogens (tertiary/aromatic N) is 3. The van der Waals surface area contributed by atoms with Gasteiger partial charge in [0, 0.05) is 23.7 Å². The number of carbonyl (C=O) groups excluding carboxylic acids is 2. The first-order valence-corrected chi connectivity index (χ1v) is 16.2. The third-order valence-corrected chi connectivity index (χ3v) is 9.09. The molecule has 0 N–H and O–H groups in total. The van der Waals surface area contributed by atoms with Gasteiger partial charge in [-0.05, 0) is 61.2 Å². The quantitative estimate of drug-likeness (QED) is 0.244. The monoisotopic (exact) mass is 657 g/mol. The van der Waals surface area contributed by atoms with E-state index in [0.717, 1.165) is 31.5 Å². The Labute approximate surface area is 274 Å². The number of halogens is 1. The first-order valence-electron chi connectivity index (χ1n) is 15.0. The van der Waals surface area contributed by atoms with Gasteiger partial charge in [0.2, 0.25) is 0 Å². The Bertz CT molecular complexity index is 1980. The van der Waals surface area contributed by atoms with Crippen LogP contribution in [0.25, 0.3) is 11.8 Å². The predicted molar refractivity (Wildman–Crippen MR) is 177 cm³/mol. The fourth-order valence-electron chi connectivity index (χ4n) is 5.64. The van der Waals surface area contributed by atoms with Crippen LogP contribution in [0.15, 0.2) is 88.2 Å². The Morgan fingerprint density at radius 3 is 2.46 bits per heavy atom. The van der Waals surface area contributed by atoms with Gasteiger partial charge < -0.3 is 19.1 Å². The standard InChI is InChI=1S/C35H32ClN3O6S/c1-3-44-34(42)30-31(23-9-5-4-6-10-23)37-35-39(32(30)24-12-14-25(36)15-13-24)33(41)28(46-35)20-22-11-16-26(27(19-22)43-2)45-21-29(40)38-17-7-8-18-38/h4-6,9-16,19-20,32H,3,7-8,17-18,21H2,1-2H3/b28-20+/t32-/m0/s1. The minimum Gasteiger partial charge on any atom is -0.493 e. The van der Waals surface area contributed by atoms with Crippen molar-refractivity contribution in [3.05, 3.63) is 120 Å². The summed E-state index contributed by atoms with van der Waals surface area (Å²) in [4.78, 5) is 47.3. The molecule has 0 saturated carbocycles. The molecule has 2 aliphatic heterocycles. The lowest BCUT2D eigenvalue weighted by Gasteiger charge is -2.25. The van der Waals surface area contributed by atoms with E-state index < -0.39 is 12.0 Å². The van der Waals surface area contributed by atoms with E-state index in [4.69, 9.17) is 30.8 Å². The lowest BCUT2D eigenvalue weighted by Crippen LogP contribution is -2.40. The molecule has 2 aliphatic rings. The summed E-state index contributed by atoms with van der Waals surface area (Å²) in [5.74, 6) is 0.258. The van der Waals surface area contributed by atoms with Gasteiger partial charge in [0.05, 0.1) is 35.6 Å². The van der Waals surface area contributed by atoms with Gasteiger partial charge in [-0.2, -0.15) is 0 Å². The Morgan fingerprint density at radius 1 is 1.02 bits per heavy atom. The van der Waals surface area contributed by atoms with E-state index in [0.29, 0.717) is 42.7 Å². The second-order valence-corrected chi connectivity index (χ2v) is 12.2. The topological polar surface area (TPSA) is 99.4 Å². The van der Waals surface area contributed by atoms with Crippen LogP contribution >= 0.6 is 22.9 Å². The summed E-state index contributed by atoms with van der Waals surface area (Å²) < 4.78 is 18.8. The first kappa shape index (κ1) is 31.3. The molecule has 11 heteroatoms. The molecule has 0 radical (unpaired) electrons. The summed E-state index contributed by atoms with van der Waals surface area (Å²) in [5.41, 5.74) is 2.50. The van der Waals surface area contributed by atoms with Gasteiger partial charge in [-0.15, -0.1) is 0 Å². The number of hydrogen-bond acceptors (Lipinski definition) is 8. The Kier molecular flexibility index (Phi) is 9.37. The molecule has 0 bridgehead atoms. The molecule has 0 spiro atoms. The van der Waals surface area contributed by atoms with Gasteiger partial charge in [0.25, 0.3) is 11.5 Å². The lowest BCUT2D eigenvalue weighted by atomic mass is 9.93. The van der Waals surface area contributed by atoms with Crippen LogP contribution in [0.4, 0.5) is 0 Å². The van der Waals surface area contributed by atoms with E-state index in [1.54, 1.807) is 60.4 Å². The van der Waals surface area contributed by atoms with E-state index in [9.17, 15) is 14.4 Å². The van der Waals surface area contributed by atoms with Crippen LogP contribution in [0.5, 0.6) is 11.5 Å². The summed E-state index contributed by atoms with van der Waals surface area (Å²) >= 11 is 7.44. The van der Waals surface area contributed by atoms with Crippen molar-refractivity contribution in [2.45, 2.75) is 25.8 Å². The Balaban J connectivity index is 1.44. The van der Waals surface area contributed by atoms with Crippen LogP contribution < -0.4 is 24.4 Å². The minimum absolute atomic E-state index is 0.0583. The fourth-order valence-corrected chi connectivity index (χ4v) is 6.77. The number of rotatable bonds is 9. The molecule has 3 heterocycles. The normalized spacial score (nSPS) is 16.2. The number of benzene rings is 3. The van der Waals surface area contributed by atoms with E-state index in [1.165, 1.54) is 23.0 Å². The number of methoxy groups -OCH3 is 1. The second kappa shape index (κ2) is 13.8. The van der Waals surface area contributed by atoms with Crippen LogP contribution in [0, 0.1) is 0 Å². The highest BCUT2D eigenvalue weighted by molar-refractivity contribution is 7.07. The van der Waals surface area contributed by atoms with E-state index in [-0.39, 0.29) is 30.3 Å². The van der Waals surface area contributed by atoms with Crippen molar-refractivity contribution in [3.63, 3.8) is 0 Å². The van der Waals surface area contributed by atoms with Crippen molar-refractivity contribution in [1.29, 1.82) is 0 Å². The van der Waals surface area contributed by atoms with Crippen molar-refractivity contribution in [2.24, 2.45) is 4.99 Å². The summed E-state index contributed by atoms with van der Waals surface area (Å²) in [6.07, 6.45) is 3.77. The molecule has 0 unspecified atom stereocenters. The number of amides is 1. The van der Waals surface area contributed by atoms with Gasteiger partial charge in [-0.25, -0.2) is 9.79 Å². The molecule has 1 saturated heterocycles. The van der Waals surface area contributed by atoms with Crippen molar-refractivity contribution in [2.75, 3.05) is 33.4 Å². The van der Waals surface area contributed by atoms with Gasteiger partial charge in [-0.1, -0.05) is 71.5 Å². The van der Waals surface area contributed by atoms with Crippen molar-refractivity contribution >= 4 is 46.6 Å². The van der Waals surface area contributed by atoms with Gasteiger partial charge in [-0.3, -0.25) is 14.2 Å².